The van der Waals surface area contributed by atoms with Crippen molar-refractivity contribution in [1.82, 2.24) is 9.97 Å². The molecule has 0 aromatic carbocycles. The van der Waals surface area contributed by atoms with Crippen molar-refractivity contribution in [3.05, 3.63) is 16.3 Å². The molecule has 106 valence electrons. The van der Waals surface area contributed by atoms with Crippen molar-refractivity contribution in [2.45, 2.75) is 49.8 Å². The second kappa shape index (κ2) is 5.33. The van der Waals surface area contributed by atoms with Gasteiger partial charge in [0.05, 0.1) is 0 Å². The summed E-state index contributed by atoms with van der Waals surface area (Å²) in [6.45, 7) is 3.57. The van der Waals surface area contributed by atoms with Gasteiger partial charge in [0.2, 0.25) is 0 Å². The van der Waals surface area contributed by atoms with Gasteiger partial charge in [-0.2, -0.15) is 0 Å². The van der Waals surface area contributed by atoms with Gasteiger partial charge in [-0.15, -0.1) is 11.3 Å². The van der Waals surface area contributed by atoms with Crippen LogP contribution in [0.3, 0.4) is 0 Å². The summed E-state index contributed by atoms with van der Waals surface area (Å²) in [5, 5.41) is 10.6. The predicted molar refractivity (Wildman–Crippen MR) is 81.7 cm³/mol. The lowest BCUT2D eigenvalue weighted by molar-refractivity contribution is -0.136. The molecule has 0 aliphatic heterocycles. The van der Waals surface area contributed by atoms with E-state index in [0.717, 1.165) is 33.9 Å². The van der Waals surface area contributed by atoms with Gasteiger partial charge in [0.25, 0.3) is 0 Å². The fourth-order valence-corrected chi connectivity index (χ4v) is 4.86. The summed E-state index contributed by atoms with van der Waals surface area (Å²) in [6, 6.07) is 0. The van der Waals surface area contributed by atoms with E-state index in [9.17, 15) is 4.79 Å². The highest BCUT2D eigenvalue weighted by atomic mass is 32.2. The Labute approximate surface area is 125 Å². The van der Waals surface area contributed by atoms with Crippen LogP contribution in [0.15, 0.2) is 5.03 Å². The molecule has 20 heavy (non-hydrogen) atoms. The fourth-order valence-electron chi connectivity index (χ4n) is 2.53. The van der Waals surface area contributed by atoms with Gasteiger partial charge in [-0.05, 0) is 45.1 Å². The molecule has 0 saturated heterocycles. The number of nitrogens with zero attached hydrogens (tertiary/aromatic N) is 2. The average Bonchev–Trinajstić information content (AvgIpc) is 2.76. The van der Waals surface area contributed by atoms with Crippen LogP contribution >= 0.6 is 23.1 Å². The first-order chi connectivity index (χ1) is 9.56. The van der Waals surface area contributed by atoms with Crippen molar-refractivity contribution < 1.29 is 9.90 Å². The minimum atomic E-state index is -0.802. The second-order valence-corrected chi connectivity index (χ2v) is 7.48. The lowest BCUT2D eigenvalue weighted by Gasteiger charge is -2.12. The number of carboxylic acid groups (broad SMARTS) is 1. The molecule has 2 aromatic rings. The molecule has 0 saturated carbocycles. The molecule has 4 nitrogen and oxygen atoms in total. The van der Waals surface area contributed by atoms with Gasteiger partial charge in [0.1, 0.15) is 20.9 Å². The molecule has 0 radical (unpaired) electrons. The number of rotatable bonds is 3. The van der Waals surface area contributed by atoms with Crippen molar-refractivity contribution in [3.63, 3.8) is 0 Å². The third-order valence-corrected chi connectivity index (χ3v) is 5.79. The second-order valence-electron chi connectivity index (χ2n) is 5.07. The highest BCUT2D eigenvalue weighted by molar-refractivity contribution is 8.00. The highest BCUT2D eigenvalue weighted by Gasteiger charge is 2.23. The third kappa shape index (κ3) is 2.42. The summed E-state index contributed by atoms with van der Waals surface area (Å²) >= 11 is 3.08. The number of thiophene rings is 1. The number of aliphatic carboxylic acids is 1. The Hall–Kier alpha value is -1.14. The van der Waals surface area contributed by atoms with E-state index in [1.165, 1.54) is 35.0 Å². The van der Waals surface area contributed by atoms with Crippen molar-refractivity contribution in [2.24, 2.45) is 0 Å². The van der Waals surface area contributed by atoms with Crippen LogP contribution in [0, 0.1) is 6.92 Å². The molecule has 2 heterocycles. The zero-order chi connectivity index (χ0) is 14.3. The Balaban J connectivity index is 2.14. The number of thioether (sulfide) groups is 1. The van der Waals surface area contributed by atoms with Crippen LogP contribution in [0.25, 0.3) is 10.2 Å². The Kier molecular flexibility index (Phi) is 3.69. The molecule has 3 rings (SSSR count). The van der Waals surface area contributed by atoms with Crippen LogP contribution in [0.5, 0.6) is 0 Å². The Morgan fingerprint density at radius 1 is 1.35 bits per heavy atom. The quantitative estimate of drug-likeness (QED) is 0.695. The van der Waals surface area contributed by atoms with Gasteiger partial charge in [0, 0.05) is 10.3 Å². The van der Waals surface area contributed by atoms with Crippen molar-refractivity contribution >= 4 is 39.3 Å². The molecule has 0 amide bonds. The van der Waals surface area contributed by atoms with E-state index in [-0.39, 0.29) is 0 Å². The van der Waals surface area contributed by atoms with Crippen molar-refractivity contribution in [2.75, 3.05) is 0 Å². The number of hydrogen-bond acceptors (Lipinski definition) is 5. The summed E-state index contributed by atoms with van der Waals surface area (Å²) < 4.78 is 0. The summed E-state index contributed by atoms with van der Waals surface area (Å²) in [6.07, 6.45) is 4.62. The molecule has 0 spiro atoms. The third-order valence-electron chi connectivity index (χ3n) is 3.53. The summed E-state index contributed by atoms with van der Waals surface area (Å²) in [7, 11) is 0. The minimum absolute atomic E-state index is 0.494. The zero-order valence-corrected chi connectivity index (χ0v) is 13.1. The van der Waals surface area contributed by atoms with E-state index in [4.69, 9.17) is 5.11 Å². The lowest BCUT2D eigenvalue weighted by atomic mass is 9.97. The van der Waals surface area contributed by atoms with Crippen LogP contribution in [0.2, 0.25) is 0 Å². The SMILES string of the molecule is Cc1nc(SC(C)C(=O)O)c2c3c(sc2n1)CCCC3. The van der Waals surface area contributed by atoms with Gasteiger partial charge in [-0.25, -0.2) is 9.97 Å². The van der Waals surface area contributed by atoms with E-state index in [0.29, 0.717) is 0 Å². The van der Waals surface area contributed by atoms with E-state index in [1.54, 1.807) is 18.3 Å². The monoisotopic (exact) mass is 308 g/mol. The van der Waals surface area contributed by atoms with Gasteiger partial charge in [-0.3, -0.25) is 4.79 Å². The number of aryl methyl sites for hydroxylation is 3. The molecule has 0 fully saturated rings. The fraction of sp³-hybridized carbons (Fsp3) is 0.500. The average molecular weight is 308 g/mol. The molecule has 2 aromatic heterocycles. The summed E-state index contributed by atoms with van der Waals surface area (Å²) in [5.74, 6) is -0.0836. The predicted octanol–water partition coefficient (Wildman–Crippen LogP) is 3.44. The van der Waals surface area contributed by atoms with Crippen LogP contribution in [-0.2, 0) is 17.6 Å². The first-order valence-corrected chi connectivity index (χ1v) is 8.44. The molecular weight excluding hydrogens is 292 g/mol. The number of fused-ring (bicyclic) bond motifs is 3. The molecular formula is C14H16N2O2S2. The zero-order valence-electron chi connectivity index (χ0n) is 11.5. The smallest absolute Gasteiger partial charge is 0.316 e. The standard InChI is InChI=1S/C14H16N2O2S2/c1-7(14(17)18)19-12-11-9-5-3-4-6-10(9)20-13(11)16-8(2)15-12/h7H,3-6H2,1-2H3,(H,17,18). The molecule has 1 aliphatic carbocycles. The molecule has 1 aliphatic rings. The van der Waals surface area contributed by atoms with Crippen LogP contribution < -0.4 is 0 Å². The van der Waals surface area contributed by atoms with E-state index in [1.807, 2.05) is 6.92 Å². The van der Waals surface area contributed by atoms with Crippen molar-refractivity contribution in [1.29, 1.82) is 0 Å². The summed E-state index contributed by atoms with van der Waals surface area (Å²) in [4.78, 5) is 22.6. The largest absolute Gasteiger partial charge is 0.480 e. The maximum atomic E-state index is 11.1. The molecule has 0 bridgehead atoms. The molecule has 1 N–H and O–H groups in total. The Bertz CT molecular complexity index is 681. The van der Waals surface area contributed by atoms with E-state index < -0.39 is 11.2 Å². The number of carboxylic acids is 1. The number of aromatic nitrogens is 2. The Morgan fingerprint density at radius 2 is 2.10 bits per heavy atom. The molecule has 1 atom stereocenters. The van der Waals surface area contributed by atoms with Gasteiger partial charge in [0.15, 0.2) is 0 Å². The van der Waals surface area contributed by atoms with Gasteiger partial charge >= 0.3 is 5.97 Å². The lowest BCUT2D eigenvalue weighted by Crippen LogP contribution is -2.12. The van der Waals surface area contributed by atoms with Crippen LogP contribution in [0.1, 0.15) is 36.0 Å². The summed E-state index contributed by atoms with van der Waals surface area (Å²) in [5.41, 5.74) is 1.36. The molecule has 1 unspecified atom stereocenters. The normalized spacial score (nSPS) is 16.1. The minimum Gasteiger partial charge on any atom is -0.480 e. The van der Waals surface area contributed by atoms with E-state index >= 15 is 0 Å². The number of carbonyl (C=O) groups is 1. The maximum Gasteiger partial charge on any atom is 0.316 e. The first-order valence-electron chi connectivity index (χ1n) is 6.74. The van der Waals surface area contributed by atoms with Crippen LogP contribution in [0.4, 0.5) is 0 Å². The van der Waals surface area contributed by atoms with Crippen LogP contribution in [-0.4, -0.2) is 26.3 Å². The first kappa shape index (κ1) is 13.8. The van der Waals surface area contributed by atoms with Crippen molar-refractivity contribution in [3.8, 4) is 0 Å². The maximum absolute atomic E-state index is 11.1. The Morgan fingerprint density at radius 3 is 2.85 bits per heavy atom. The van der Waals surface area contributed by atoms with Gasteiger partial charge in [-0.1, -0.05) is 11.8 Å². The van der Waals surface area contributed by atoms with Gasteiger partial charge < -0.3 is 5.11 Å². The molecule has 6 heteroatoms. The highest BCUT2D eigenvalue weighted by Crippen LogP contribution is 2.40. The van der Waals surface area contributed by atoms with E-state index in [2.05, 4.69) is 9.97 Å². The number of hydrogen-bond donors (Lipinski definition) is 1. The topological polar surface area (TPSA) is 63.1 Å².